The van der Waals surface area contributed by atoms with Gasteiger partial charge in [0, 0.05) is 19.2 Å². The van der Waals surface area contributed by atoms with Crippen LogP contribution in [-0.4, -0.2) is 47.7 Å². The van der Waals surface area contributed by atoms with E-state index >= 15 is 0 Å². The lowest BCUT2D eigenvalue weighted by molar-refractivity contribution is -0.407. The monoisotopic (exact) mass is 415 g/mol. The molecule has 1 aromatic rings. The van der Waals surface area contributed by atoms with E-state index in [2.05, 4.69) is 22.7 Å². The molecule has 0 saturated heterocycles. The highest BCUT2D eigenvalue weighted by Crippen LogP contribution is 2.27. The Morgan fingerprint density at radius 2 is 1.86 bits per heavy atom. The summed E-state index contributed by atoms with van der Waals surface area (Å²) in [5.74, 6) is -0.824. The van der Waals surface area contributed by atoms with Gasteiger partial charge in [0.2, 0.25) is 0 Å². The number of carbonyl (C=O) groups excluding carboxylic acids is 2. The summed E-state index contributed by atoms with van der Waals surface area (Å²) in [4.78, 5) is 24.5. The van der Waals surface area contributed by atoms with Crippen LogP contribution in [0.15, 0.2) is 18.2 Å². The highest BCUT2D eigenvalue weighted by Gasteiger charge is 2.29. The maximum absolute atomic E-state index is 12.5. The number of nitrogens with one attached hydrogen (secondary N) is 1. The number of quaternary nitrogens is 1. The van der Waals surface area contributed by atoms with Gasteiger partial charge in [0.1, 0.15) is 6.04 Å². The minimum absolute atomic E-state index is 0.155. The minimum Gasteiger partial charge on any atom is -0.504 e. The fraction of sp³-hybridized carbons (Fsp3) is 0.600. The molecule has 0 spiro atoms. The predicted molar refractivity (Wildman–Crippen MR) is 107 cm³/mol. The number of aromatic hydroxyl groups is 2. The zero-order chi connectivity index (χ0) is 21.1. The van der Waals surface area contributed by atoms with Gasteiger partial charge in [0.15, 0.2) is 17.5 Å². The Morgan fingerprint density at radius 3 is 2.43 bits per heavy atom. The Labute approximate surface area is 171 Å². The number of hydrogen-bond acceptors (Lipinski definition) is 5. The Bertz CT molecular complexity index is 635. The Kier molecular flexibility index (Phi) is 10.7. The summed E-state index contributed by atoms with van der Waals surface area (Å²) < 4.78 is 4.78. The van der Waals surface area contributed by atoms with Crippen LogP contribution >= 0.6 is 11.6 Å². The SMILES string of the molecule is CCl.COC(=O)C(Cc1ccc(O)c(O)c1)NC(=O)[C@@H]([NH3+])CC1CCCCC1. The third-order valence-electron chi connectivity index (χ3n) is 5.00. The third kappa shape index (κ3) is 7.56. The van der Waals surface area contributed by atoms with Crippen molar-refractivity contribution >= 4 is 23.5 Å². The second-order valence-corrected chi connectivity index (χ2v) is 7.05. The normalized spacial score (nSPS) is 16.3. The van der Waals surface area contributed by atoms with Crippen LogP contribution in [0.2, 0.25) is 0 Å². The van der Waals surface area contributed by atoms with Crippen molar-refractivity contribution in [2.45, 2.75) is 57.0 Å². The summed E-state index contributed by atoms with van der Waals surface area (Å²) >= 11 is 4.64. The zero-order valence-corrected chi connectivity index (χ0v) is 17.4. The number of carbonyl (C=O) groups is 2. The van der Waals surface area contributed by atoms with E-state index in [1.54, 1.807) is 6.07 Å². The Balaban J connectivity index is 0.00000190. The molecule has 1 saturated carbocycles. The Hall–Kier alpha value is -1.99. The predicted octanol–water partition coefficient (Wildman–Crippen LogP) is 1.73. The molecular formula is C20H32ClN2O5+. The minimum atomic E-state index is -0.868. The molecule has 158 valence electrons. The molecule has 1 unspecified atom stereocenters. The molecule has 7 nitrogen and oxygen atoms in total. The van der Waals surface area contributed by atoms with Crippen LogP contribution in [0.5, 0.6) is 11.5 Å². The van der Waals surface area contributed by atoms with E-state index in [1.165, 1.54) is 44.9 Å². The molecule has 0 bridgehead atoms. The van der Waals surface area contributed by atoms with Crippen molar-refractivity contribution in [1.82, 2.24) is 5.32 Å². The fourth-order valence-corrected chi connectivity index (χ4v) is 3.49. The van der Waals surface area contributed by atoms with Crippen LogP contribution in [0.4, 0.5) is 0 Å². The highest BCUT2D eigenvalue weighted by molar-refractivity contribution is 6.15. The van der Waals surface area contributed by atoms with Gasteiger partial charge in [-0.15, -0.1) is 11.6 Å². The second-order valence-electron chi connectivity index (χ2n) is 7.05. The number of hydrogen-bond donors (Lipinski definition) is 4. The van der Waals surface area contributed by atoms with Crippen molar-refractivity contribution in [2.24, 2.45) is 5.92 Å². The average molecular weight is 416 g/mol. The molecule has 0 radical (unpaired) electrons. The molecule has 1 amide bonds. The van der Waals surface area contributed by atoms with Crippen LogP contribution in [0.25, 0.3) is 0 Å². The third-order valence-corrected chi connectivity index (χ3v) is 5.00. The molecule has 2 atom stereocenters. The topological polar surface area (TPSA) is 124 Å². The van der Waals surface area contributed by atoms with Gasteiger partial charge in [-0.25, -0.2) is 4.79 Å². The molecule has 1 aliphatic rings. The summed E-state index contributed by atoms with van der Waals surface area (Å²) in [6, 6.07) is 3.00. The first kappa shape index (κ1) is 24.0. The molecule has 1 aliphatic carbocycles. The summed E-state index contributed by atoms with van der Waals surface area (Å²) in [5, 5.41) is 21.7. The number of phenolic OH excluding ortho intramolecular Hbond substituents is 2. The number of benzene rings is 1. The largest absolute Gasteiger partial charge is 0.504 e. The van der Waals surface area contributed by atoms with E-state index in [4.69, 9.17) is 4.74 Å². The molecule has 0 aromatic heterocycles. The summed E-state index contributed by atoms with van der Waals surface area (Å²) in [7, 11) is 1.26. The summed E-state index contributed by atoms with van der Waals surface area (Å²) in [6.45, 7) is 0. The molecule has 0 heterocycles. The van der Waals surface area contributed by atoms with Crippen LogP contribution < -0.4 is 11.1 Å². The lowest BCUT2D eigenvalue weighted by Gasteiger charge is -2.24. The smallest absolute Gasteiger partial charge is 0.328 e. The van der Waals surface area contributed by atoms with E-state index in [9.17, 15) is 19.8 Å². The number of halogens is 1. The van der Waals surface area contributed by atoms with Gasteiger partial charge in [-0.05, 0) is 23.6 Å². The van der Waals surface area contributed by atoms with E-state index < -0.39 is 18.1 Å². The molecule has 6 N–H and O–H groups in total. The molecule has 1 aromatic carbocycles. The number of phenols is 2. The average Bonchev–Trinajstić information content (AvgIpc) is 2.71. The van der Waals surface area contributed by atoms with E-state index in [0.29, 0.717) is 11.5 Å². The van der Waals surface area contributed by atoms with E-state index in [0.717, 1.165) is 19.3 Å². The van der Waals surface area contributed by atoms with Gasteiger partial charge in [-0.1, -0.05) is 38.2 Å². The standard InChI is InChI=1S/C19H28N2O5.CH3Cl/c1-26-19(25)15(10-13-7-8-16(22)17(23)11-13)21-18(24)14(20)9-12-5-3-2-4-6-12;1-2/h7-8,11-12,14-15,22-23H,2-6,9-10,20H2,1H3,(H,21,24);1H3/p+1/t14-,15?;/m0./s1. The van der Waals surface area contributed by atoms with Gasteiger partial charge < -0.3 is 26.0 Å². The van der Waals surface area contributed by atoms with Gasteiger partial charge >= 0.3 is 5.97 Å². The van der Waals surface area contributed by atoms with Gasteiger partial charge in [0.05, 0.1) is 7.11 Å². The first-order valence-corrected chi connectivity index (χ1v) is 10.3. The van der Waals surface area contributed by atoms with Gasteiger partial charge in [-0.3, -0.25) is 4.79 Å². The van der Waals surface area contributed by atoms with Crippen molar-refractivity contribution in [3.8, 4) is 11.5 Å². The van der Waals surface area contributed by atoms with Crippen LogP contribution in [0.1, 0.15) is 44.1 Å². The molecule has 28 heavy (non-hydrogen) atoms. The van der Waals surface area contributed by atoms with Crippen LogP contribution in [0.3, 0.4) is 0 Å². The lowest BCUT2D eigenvalue weighted by atomic mass is 9.85. The first-order valence-electron chi connectivity index (χ1n) is 9.50. The van der Waals surface area contributed by atoms with Crippen molar-refractivity contribution in [3.63, 3.8) is 0 Å². The fourth-order valence-electron chi connectivity index (χ4n) is 3.49. The maximum atomic E-state index is 12.5. The van der Waals surface area contributed by atoms with Crippen molar-refractivity contribution in [1.29, 1.82) is 0 Å². The second kappa shape index (κ2) is 12.5. The van der Waals surface area contributed by atoms with Crippen molar-refractivity contribution in [2.75, 3.05) is 13.5 Å². The Morgan fingerprint density at radius 1 is 1.21 bits per heavy atom. The summed E-state index contributed by atoms with van der Waals surface area (Å²) in [6.07, 6.45) is 8.28. The number of esters is 1. The molecular weight excluding hydrogens is 384 g/mol. The van der Waals surface area contributed by atoms with Crippen LogP contribution in [0, 0.1) is 5.92 Å². The number of rotatable bonds is 7. The van der Waals surface area contributed by atoms with Crippen LogP contribution in [-0.2, 0) is 20.7 Å². The molecule has 2 rings (SSSR count). The molecule has 0 aliphatic heterocycles. The number of ether oxygens (including phenoxy) is 1. The lowest BCUT2D eigenvalue weighted by Crippen LogP contribution is -2.69. The van der Waals surface area contributed by atoms with E-state index in [1.807, 2.05) is 0 Å². The first-order chi connectivity index (χ1) is 13.4. The van der Waals surface area contributed by atoms with E-state index in [-0.39, 0.29) is 23.8 Å². The van der Waals surface area contributed by atoms with Gasteiger partial charge in [-0.2, -0.15) is 0 Å². The molecule has 1 fully saturated rings. The summed E-state index contributed by atoms with van der Waals surface area (Å²) in [5.41, 5.74) is 4.57. The highest BCUT2D eigenvalue weighted by atomic mass is 35.5. The van der Waals surface area contributed by atoms with Gasteiger partial charge in [0.25, 0.3) is 5.91 Å². The van der Waals surface area contributed by atoms with Crippen molar-refractivity contribution < 1.29 is 30.3 Å². The number of amides is 1. The van der Waals surface area contributed by atoms with Crippen molar-refractivity contribution in [3.05, 3.63) is 23.8 Å². The quantitative estimate of drug-likeness (QED) is 0.307. The number of methoxy groups -OCH3 is 1. The number of alkyl halides is 1. The zero-order valence-electron chi connectivity index (χ0n) is 16.6. The maximum Gasteiger partial charge on any atom is 0.328 e. The molecule has 8 heteroatoms.